The molecule has 5 nitrogen and oxygen atoms in total. The lowest BCUT2D eigenvalue weighted by atomic mass is 10.5. The van der Waals surface area contributed by atoms with Crippen molar-refractivity contribution in [2.45, 2.75) is 13.3 Å². The smallest absolute Gasteiger partial charge is 0.260 e. The van der Waals surface area contributed by atoms with E-state index < -0.39 is 0 Å². The maximum Gasteiger partial charge on any atom is 0.260 e. The molecular formula is C10H14N4O. The topological polar surface area (TPSA) is 51.5 Å². The molecule has 0 fully saturated rings. The molecule has 2 heterocycles. The van der Waals surface area contributed by atoms with Gasteiger partial charge in [-0.15, -0.1) is 0 Å². The lowest BCUT2D eigenvalue weighted by molar-refractivity contribution is 0.400. The fraction of sp³-hybridized carbons (Fsp3) is 0.400. The number of aromatic nitrogens is 3. The van der Waals surface area contributed by atoms with Crippen molar-refractivity contribution < 1.29 is 4.74 Å². The molecule has 0 radical (unpaired) electrons. The molecule has 0 saturated carbocycles. The van der Waals surface area contributed by atoms with Crippen LogP contribution >= 0.6 is 0 Å². The standard InChI is InChI=1S/C10H14N4O/c1-3-4-11-8-7-14-6-5-12-9(14)10(13-8)15-2/h5-7,11H,3-4H2,1-2H3. The predicted molar refractivity (Wildman–Crippen MR) is 58.3 cm³/mol. The third-order valence-electron chi connectivity index (χ3n) is 2.09. The van der Waals surface area contributed by atoms with Crippen LogP contribution in [-0.2, 0) is 0 Å². The van der Waals surface area contributed by atoms with Gasteiger partial charge in [0.2, 0.25) is 5.65 Å². The van der Waals surface area contributed by atoms with E-state index in [-0.39, 0.29) is 0 Å². The maximum absolute atomic E-state index is 5.17. The van der Waals surface area contributed by atoms with Crippen LogP contribution in [0.15, 0.2) is 18.6 Å². The third-order valence-corrected chi connectivity index (χ3v) is 2.09. The van der Waals surface area contributed by atoms with E-state index >= 15 is 0 Å². The SMILES string of the molecule is CCCNc1cn2ccnc2c(OC)n1. The second kappa shape index (κ2) is 4.16. The molecule has 80 valence electrons. The number of methoxy groups -OCH3 is 1. The molecule has 0 aliphatic rings. The lowest BCUT2D eigenvalue weighted by Gasteiger charge is -2.07. The average Bonchev–Trinajstić information content (AvgIpc) is 2.73. The number of imidazole rings is 1. The molecule has 0 atom stereocenters. The van der Waals surface area contributed by atoms with Gasteiger partial charge in [0.05, 0.1) is 13.3 Å². The molecule has 1 N–H and O–H groups in total. The number of rotatable bonds is 4. The zero-order valence-electron chi connectivity index (χ0n) is 8.90. The highest BCUT2D eigenvalue weighted by Crippen LogP contribution is 2.17. The van der Waals surface area contributed by atoms with Crippen molar-refractivity contribution in [1.82, 2.24) is 14.4 Å². The van der Waals surface area contributed by atoms with Gasteiger partial charge in [0.1, 0.15) is 5.82 Å². The zero-order valence-corrected chi connectivity index (χ0v) is 8.90. The number of hydrogen-bond donors (Lipinski definition) is 1. The normalized spacial score (nSPS) is 10.5. The summed E-state index contributed by atoms with van der Waals surface area (Å²) >= 11 is 0. The van der Waals surface area contributed by atoms with Crippen molar-refractivity contribution in [2.75, 3.05) is 19.0 Å². The van der Waals surface area contributed by atoms with Crippen molar-refractivity contribution in [3.05, 3.63) is 18.6 Å². The van der Waals surface area contributed by atoms with Crippen molar-refractivity contribution >= 4 is 11.5 Å². The molecule has 2 aromatic rings. The Balaban J connectivity index is 2.40. The first-order valence-corrected chi connectivity index (χ1v) is 4.96. The number of hydrogen-bond acceptors (Lipinski definition) is 4. The molecule has 0 unspecified atom stereocenters. The summed E-state index contributed by atoms with van der Waals surface area (Å²) in [5, 5.41) is 3.21. The van der Waals surface area contributed by atoms with Gasteiger partial charge in [0.25, 0.3) is 5.88 Å². The predicted octanol–water partition coefficient (Wildman–Crippen LogP) is 1.56. The molecule has 2 aromatic heterocycles. The van der Waals surface area contributed by atoms with Crippen LogP contribution in [-0.4, -0.2) is 28.0 Å². The molecule has 2 rings (SSSR count). The first-order chi connectivity index (χ1) is 7.35. The van der Waals surface area contributed by atoms with Crippen LogP contribution < -0.4 is 10.1 Å². The molecule has 0 saturated heterocycles. The summed E-state index contributed by atoms with van der Waals surface area (Å²) in [6.07, 6.45) is 6.56. The Labute approximate surface area is 88.1 Å². The van der Waals surface area contributed by atoms with Gasteiger partial charge in [-0.2, -0.15) is 4.98 Å². The molecule has 0 amide bonds. The Morgan fingerprint density at radius 2 is 2.40 bits per heavy atom. The zero-order chi connectivity index (χ0) is 10.7. The van der Waals surface area contributed by atoms with Crippen molar-refractivity contribution in [2.24, 2.45) is 0 Å². The fourth-order valence-electron chi connectivity index (χ4n) is 1.38. The molecular weight excluding hydrogens is 192 g/mol. The number of ether oxygens (including phenoxy) is 1. The van der Waals surface area contributed by atoms with E-state index in [1.54, 1.807) is 13.3 Å². The minimum absolute atomic E-state index is 0.543. The summed E-state index contributed by atoms with van der Waals surface area (Å²) in [6.45, 7) is 3.01. The second-order valence-corrected chi connectivity index (χ2v) is 3.22. The molecule has 0 aliphatic carbocycles. The summed E-state index contributed by atoms with van der Waals surface area (Å²) in [5.74, 6) is 1.35. The van der Waals surface area contributed by atoms with Crippen LogP contribution in [0.5, 0.6) is 5.88 Å². The van der Waals surface area contributed by atoms with Gasteiger partial charge < -0.3 is 10.1 Å². The van der Waals surface area contributed by atoms with Crippen LogP contribution in [0.4, 0.5) is 5.82 Å². The van der Waals surface area contributed by atoms with E-state index in [4.69, 9.17) is 4.74 Å². The van der Waals surface area contributed by atoms with Gasteiger partial charge >= 0.3 is 0 Å². The first-order valence-electron chi connectivity index (χ1n) is 4.96. The Hall–Kier alpha value is -1.78. The minimum Gasteiger partial charge on any atom is -0.478 e. The quantitative estimate of drug-likeness (QED) is 0.824. The molecule has 0 bridgehead atoms. The number of nitrogens with zero attached hydrogens (tertiary/aromatic N) is 3. The van der Waals surface area contributed by atoms with Crippen LogP contribution in [0.1, 0.15) is 13.3 Å². The molecule has 0 spiro atoms. The molecule has 15 heavy (non-hydrogen) atoms. The summed E-state index contributed by atoms with van der Waals surface area (Å²) in [5.41, 5.74) is 0.736. The first kappa shape index (κ1) is 9.76. The van der Waals surface area contributed by atoms with Crippen molar-refractivity contribution in [1.29, 1.82) is 0 Å². The van der Waals surface area contributed by atoms with Crippen LogP contribution in [0, 0.1) is 0 Å². The number of anilines is 1. The summed E-state index contributed by atoms with van der Waals surface area (Å²) in [7, 11) is 1.60. The Morgan fingerprint density at radius 1 is 1.53 bits per heavy atom. The van der Waals surface area contributed by atoms with Gasteiger partial charge in [-0.1, -0.05) is 6.92 Å². The maximum atomic E-state index is 5.17. The third kappa shape index (κ3) is 1.86. The highest BCUT2D eigenvalue weighted by Gasteiger charge is 2.06. The molecule has 0 aromatic carbocycles. The van der Waals surface area contributed by atoms with E-state index in [1.165, 1.54) is 0 Å². The summed E-state index contributed by atoms with van der Waals surface area (Å²) in [6, 6.07) is 0. The van der Waals surface area contributed by atoms with Crippen molar-refractivity contribution in [3.8, 4) is 5.88 Å². The number of fused-ring (bicyclic) bond motifs is 1. The second-order valence-electron chi connectivity index (χ2n) is 3.22. The number of nitrogens with one attached hydrogen (secondary N) is 1. The Morgan fingerprint density at radius 3 is 3.13 bits per heavy atom. The van der Waals surface area contributed by atoms with Gasteiger partial charge in [-0.3, -0.25) is 4.40 Å². The van der Waals surface area contributed by atoms with Gasteiger partial charge in [-0.25, -0.2) is 4.98 Å². The largest absolute Gasteiger partial charge is 0.478 e. The lowest BCUT2D eigenvalue weighted by Crippen LogP contribution is -2.04. The van der Waals surface area contributed by atoms with Gasteiger partial charge in [-0.05, 0) is 6.42 Å². The average molecular weight is 206 g/mol. The summed E-state index contributed by atoms with van der Waals surface area (Å²) < 4.78 is 7.06. The van der Waals surface area contributed by atoms with Crippen LogP contribution in [0.3, 0.4) is 0 Å². The monoisotopic (exact) mass is 206 g/mol. The van der Waals surface area contributed by atoms with E-state index in [0.717, 1.165) is 24.4 Å². The van der Waals surface area contributed by atoms with Crippen molar-refractivity contribution in [3.63, 3.8) is 0 Å². The summed E-state index contributed by atoms with van der Waals surface area (Å²) in [4.78, 5) is 8.47. The molecule has 0 aliphatic heterocycles. The fourth-order valence-corrected chi connectivity index (χ4v) is 1.38. The van der Waals surface area contributed by atoms with Gasteiger partial charge in [0, 0.05) is 18.9 Å². The Bertz CT molecular complexity index is 452. The van der Waals surface area contributed by atoms with E-state index in [1.807, 2.05) is 16.8 Å². The highest BCUT2D eigenvalue weighted by atomic mass is 16.5. The van der Waals surface area contributed by atoms with Crippen LogP contribution in [0.25, 0.3) is 5.65 Å². The van der Waals surface area contributed by atoms with E-state index in [0.29, 0.717) is 5.88 Å². The van der Waals surface area contributed by atoms with Gasteiger partial charge in [0.15, 0.2) is 0 Å². The van der Waals surface area contributed by atoms with Crippen LogP contribution in [0.2, 0.25) is 0 Å². The Kier molecular flexibility index (Phi) is 2.71. The minimum atomic E-state index is 0.543. The highest BCUT2D eigenvalue weighted by molar-refractivity contribution is 5.53. The van der Waals surface area contributed by atoms with E-state index in [2.05, 4.69) is 22.2 Å². The molecule has 5 heteroatoms. The van der Waals surface area contributed by atoms with E-state index in [9.17, 15) is 0 Å².